The SMILES string of the molecule is COC(=O)C(Cn1nccc1C)NC(C)=O. The Morgan fingerprint density at radius 2 is 2.31 bits per heavy atom. The molecule has 0 radical (unpaired) electrons. The van der Waals surface area contributed by atoms with Gasteiger partial charge >= 0.3 is 5.97 Å². The van der Waals surface area contributed by atoms with Crippen molar-refractivity contribution in [3.63, 3.8) is 0 Å². The van der Waals surface area contributed by atoms with Crippen molar-refractivity contribution in [2.45, 2.75) is 26.4 Å². The third kappa shape index (κ3) is 3.08. The molecule has 6 heteroatoms. The highest BCUT2D eigenvalue weighted by atomic mass is 16.5. The van der Waals surface area contributed by atoms with Crippen molar-refractivity contribution in [1.82, 2.24) is 15.1 Å². The van der Waals surface area contributed by atoms with E-state index >= 15 is 0 Å². The third-order valence-electron chi connectivity index (χ3n) is 2.15. The molecule has 0 aliphatic heterocycles. The number of nitrogens with zero attached hydrogens (tertiary/aromatic N) is 2. The number of carbonyl (C=O) groups excluding carboxylic acids is 2. The van der Waals surface area contributed by atoms with Crippen LogP contribution in [-0.4, -0.2) is 34.8 Å². The van der Waals surface area contributed by atoms with Gasteiger partial charge in [0.2, 0.25) is 5.91 Å². The van der Waals surface area contributed by atoms with Crippen LogP contribution in [0.5, 0.6) is 0 Å². The molecule has 0 aromatic carbocycles. The zero-order valence-electron chi connectivity index (χ0n) is 9.56. The number of nitrogens with one attached hydrogen (secondary N) is 1. The van der Waals surface area contributed by atoms with Crippen LogP contribution in [0.1, 0.15) is 12.6 Å². The average Bonchev–Trinajstić information content (AvgIpc) is 2.61. The van der Waals surface area contributed by atoms with Crippen molar-refractivity contribution >= 4 is 11.9 Å². The number of hydrogen-bond donors (Lipinski definition) is 1. The van der Waals surface area contributed by atoms with Crippen molar-refractivity contribution in [3.05, 3.63) is 18.0 Å². The number of rotatable bonds is 4. The maximum atomic E-state index is 11.4. The van der Waals surface area contributed by atoms with Crippen molar-refractivity contribution in [3.8, 4) is 0 Å². The fraction of sp³-hybridized carbons (Fsp3) is 0.500. The summed E-state index contributed by atoms with van der Waals surface area (Å²) in [4.78, 5) is 22.3. The van der Waals surface area contributed by atoms with Crippen LogP contribution in [0.3, 0.4) is 0 Å². The molecule has 0 fully saturated rings. The predicted octanol–water partition coefficient (Wildman–Crippen LogP) is -0.131. The summed E-state index contributed by atoms with van der Waals surface area (Å²) in [5.74, 6) is -0.759. The molecule has 1 atom stereocenters. The molecule has 1 rings (SSSR count). The Balaban J connectivity index is 2.74. The zero-order chi connectivity index (χ0) is 12.1. The number of methoxy groups -OCH3 is 1. The van der Waals surface area contributed by atoms with Crippen LogP contribution >= 0.6 is 0 Å². The lowest BCUT2D eigenvalue weighted by molar-refractivity contribution is -0.145. The molecule has 1 heterocycles. The van der Waals surface area contributed by atoms with Gasteiger partial charge in [0.25, 0.3) is 0 Å². The van der Waals surface area contributed by atoms with Crippen LogP contribution in [0.4, 0.5) is 0 Å². The van der Waals surface area contributed by atoms with Gasteiger partial charge in [-0.3, -0.25) is 9.48 Å². The van der Waals surface area contributed by atoms with Gasteiger partial charge in [-0.25, -0.2) is 4.79 Å². The molecule has 1 unspecified atom stereocenters. The van der Waals surface area contributed by atoms with Crippen molar-refractivity contribution in [2.24, 2.45) is 0 Å². The Bertz CT molecular complexity index is 386. The van der Waals surface area contributed by atoms with Gasteiger partial charge in [0.05, 0.1) is 13.7 Å². The van der Waals surface area contributed by atoms with Crippen LogP contribution in [-0.2, 0) is 20.9 Å². The second-order valence-electron chi connectivity index (χ2n) is 3.43. The first kappa shape index (κ1) is 12.2. The second kappa shape index (κ2) is 5.29. The maximum absolute atomic E-state index is 11.4. The molecule has 0 saturated carbocycles. The normalized spacial score (nSPS) is 11.9. The average molecular weight is 225 g/mol. The van der Waals surface area contributed by atoms with E-state index in [1.165, 1.54) is 14.0 Å². The summed E-state index contributed by atoms with van der Waals surface area (Å²) < 4.78 is 6.24. The van der Waals surface area contributed by atoms with E-state index in [0.717, 1.165) is 5.69 Å². The summed E-state index contributed by atoms with van der Waals surface area (Å²) in [7, 11) is 1.28. The largest absolute Gasteiger partial charge is 0.467 e. The first-order chi connectivity index (χ1) is 7.54. The Labute approximate surface area is 93.6 Å². The van der Waals surface area contributed by atoms with E-state index in [1.807, 2.05) is 13.0 Å². The molecule has 6 nitrogen and oxygen atoms in total. The molecule has 0 bridgehead atoms. The third-order valence-corrected chi connectivity index (χ3v) is 2.15. The smallest absolute Gasteiger partial charge is 0.330 e. The lowest BCUT2D eigenvalue weighted by Crippen LogP contribution is -2.43. The van der Waals surface area contributed by atoms with Crippen LogP contribution in [0.25, 0.3) is 0 Å². The van der Waals surface area contributed by atoms with Crippen LogP contribution in [0.2, 0.25) is 0 Å². The van der Waals surface area contributed by atoms with E-state index < -0.39 is 12.0 Å². The highest BCUT2D eigenvalue weighted by Gasteiger charge is 2.21. The van der Waals surface area contributed by atoms with Gasteiger partial charge in [-0.15, -0.1) is 0 Å². The van der Waals surface area contributed by atoms with Gasteiger partial charge in [0, 0.05) is 18.8 Å². The lowest BCUT2D eigenvalue weighted by Gasteiger charge is -2.16. The van der Waals surface area contributed by atoms with E-state index in [-0.39, 0.29) is 12.5 Å². The number of aryl methyl sites for hydroxylation is 1. The summed E-state index contributed by atoms with van der Waals surface area (Å²) in [6.45, 7) is 3.49. The van der Waals surface area contributed by atoms with Gasteiger partial charge in [-0.05, 0) is 13.0 Å². The lowest BCUT2D eigenvalue weighted by atomic mass is 10.3. The maximum Gasteiger partial charge on any atom is 0.330 e. The van der Waals surface area contributed by atoms with Crippen LogP contribution in [0.15, 0.2) is 12.3 Å². The minimum atomic E-state index is -0.707. The number of aromatic nitrogens is 2. The topological polar surface area (TPSA) is 73.2 Å². The van der Waals surface area contributed by atoms with Crippen molar-refractivity contribution in [1.29, 1.82) is 0 Å². The summed E-state index contributed by atoms with van der Waals surface area (Å²) in [5, 5.41) is 6.56. The standard InChI is InChI=1S/C10H15N3O3/c1-7-4-5-11-13(7)6-9(10(15)16-3)12-8(2)14/h4-5,9H,6H2,1-3H3,(H,12,14). The minimum Gasteiger partial charge on any atom is -0.467 e. The number of esters is 1. The second-order valence-corrected chi connectivity index (χ2v) is 3.43. The molecular weight excluding hydrogens is 210 g/mol. The Morgan fingerprint density at radius 1 is 1.62 bits per heavy atom. The molecule has 1 amide bonds. The summed E-state index contributed by atoms with van der Waals surface area (Å²) in [6, 6.07) is 1.11. The first-order valence-electron chi connectivity index (χ1n) is 4.88. The fourth-order valence-electron chi connectivity index (χ4n) is 1.33. The van der Waals surface area contributed by atoms with Gasteiger partial charge in [0.15, 0.2) is 0 Å². The Hall–Kier alpha value is -1.85. The number of carbonyl (C=O) groups is 2. The molecule has 0 aliphatic rings. The number of amides is 1. The van der Waals surface area contributed by atoms with E-state index in [2.05, 4.69) is 15.2 Å². The summed E-state index contributed by atoms with van der Waals surface area (Å²) >= 11 is 0. The van der Waals surface area contributed by atoms with E-state index in [1.54, 1.807) is 10.9 Å². The van der Waals surface area contributed by atoms with Gasteiger partial charge in [-0.2, -0.15) is 5.10 Å². The van der Waals surface area contributed by atoms with Gasteiger partial charge < -0.3 is 10.1 Å². The molecule has 0 aliphatic carbocycles. The molecule has 1 N–H and O–H groups in total. The van der Waals surface area contributed by atoms with E-state index in [4.69, 9.17) is 0 Å². The molecule has 1 aromatic rings. The summed E-state index contributed by atoms with van der Waals surface area (Å²) in [5.41, 5.74) is 0.916. The number of hydrogen-bond acceptors (Lipinski definition) is 4. The molecule has 16 heavy (non-hydrogen) atoms. The predicted molar refractivity (Wildman–Crippen MR) is 56.6 cm³/mol. The highest BCUT2D eigenvalue weighted by Crippen LogP contribution is 1.99. The molecule has 1 aromatic heterocycles. The molecule has 0 spiro atoms. The zero-order valence-corrected chi connectivity index (χ0v) is 9.56. The van der Waals surface area contributed by atoms with E-state index in [9.17, 15) is 9.59 Å². The van der Waals surface area contributed by atoms with Crippen molar-refractivity contribution < 1.29 is 14.3 Å². The Morgan fingerprint density at radius 3 is 2.75 bits per heavy atom. The van der Waals surface area contributed by atoms with Crippen LogP contribution < -0.4 is 5.32 Å². The Kier molecular flexibility index (Phi) is 4.04. The van der Waals surface area contributed by atoms with Gasteiger partial charge in [-0.1, -0.05) is 0 Å². The van der Waals surface area contributed by atoms with E-state index in [0.29, 0.717) is 0 Å². The highest BCUT2D eigenvalue weighted by molar-refractivity contribution is 5.83. The summed E-state index contributed by atoms with van der Waals surface area (Å²) in [6.07, 6.45) is 1.64. The van der Waals surface area contributed by atoms with Gasteiger partial charge in [0.1, 0.15) is 6.04 Å². The molecular formula is C10H15N3O3. The quantitative estimate of drug-likeness (QED) is 0.724. The molecule has 88 valence electrons. The number of ether oxygens (including phenoxy) is 1. The monoisotopic (exact) mass is 225 g/mol. The first-order valence-corrected chi connectivity index (χ1v) is 4.88. The minimum absolute atomic E-state index is 0.269. The molecule has 0 saturated heterocycles. The van der Waals surface area contributed by atoms with Crippen molar-refractivity contribution in [2.75, 3.05) is 7.11 Å². The fourth-order valence-corrected chi connectivity index (χ4v) is 1.33. The van der Waals surface area contributed by atoms with Crippen LogP contribution in [0, 0.1) is 6.92 Å².